The monoisotopic (exact) mass is 183 g/mol. The van der Waals surface area contributed by atoms with E-state index in [1.165, 1.54) is 22.8 Å². The first-order valence-electron chi connectivity index (χ1n) is 4.46. The molecule has 0 aromatic rings. The molecule has 2 heteroatoms. The van der Waals surface area contributed by atoms with Crippen molar-refractivity contribution in [1.29, 1.82) is 0 Å². The summed E-state index contributed by atoms with van der Waals surface area (Å²) >= 11 is 1.96. The smallest absolute Gasteiger partial charge is 0.0710 e. The zero-order valence-corrected chi connectivity index (χ0v) is 8.95. The van der Waals surface area contributed by atoms with Crippen molar-refractivity contribution >= 4 is 11.8 Å². The summed E-state index contributed by atoms with van der Waals surface area (Å²) in [6, 6.07) is 0. The summed E-state index contributed by atoms with van der Waals surface area (Å²) < 4.78 is 0. The third kappa shape index (κ3) is 2.59. The summed E-state index contributed by atoms with van der Waals surface area (Å²) in [4.78, 5) is 2.30. The molecule has 0 saturated heterocycles. The first kappa shape index (κ1) is 9.72. The van der Waals surface area contributed by atoms with Gasteiger partial charge in [-0.25, -0.2) is 0 Å². The highest BCUT2D eigenvalue weighted by molar-refractivity contribution is 8.03. The van der Waals surface area contributed by atoms with Crippen molar-refractivity contribution in [3.63, 3.8) is 0 Å². The van der Waals surface area contributed by atoms with E-state index in [4.69, 9.17) is 0 Å². The van der Waals surface area contributed by atoms with Crippen LogP contribution in [0.15, 0.2) is 22.8 Å². The first-order chi connectivity index (χ1) is 5.74. The van der Waals surface area contributed by atoms with Crippen LogP contribution in [0.4, 0.5) is 0 Å². The fourth-order valence-corrected chi connectivity index (χ4v) is 2.07. The van der Waals surface area contributed by atoms with E-state index in [1.807, 2.05) is 11.8 Å². The number of rotatable bonds is 3. The first-order valence-corrected chi connectivity index (χ1v) is 5.45. The molecule has 0 N–H and O–H groups in total. The Bertz CT molecular complexity index is 206. The van der Waals surface area contributed by atoms with Gasteiger partial charge in [0.2, 0.25) is 0 Å². The van der Waals surface area contributed by atoms with Gasteiger partial charge < -0.3 is 4.90 Å². The molecule has 0 aromatic carbocycles. The van der Waals surface area contributed by atoms with Crippen LogP contribution < -0.4 is 0 Å². The number of hydrogen-bond acceptors (Lipinski definition) is 2. The van der Waals surface area contributed by atoms with E-state index >= 15 is 0 Å². The Labute approximate surface area is 79.5 Å². The molecule has 1 rings (SSSR count). The summed E-state index contributed by atoms with van der Waals surface area (Å²) in [6.45, 7) is 5.45. The standard InChI is InChI=1S/C10H17NS/c1-4-7-12-10-8-9(2)5-6-11(10)3/h5,8H,4,6-7H2,1-3H3. The van der Waals surface area contributed by atoms with Crippen LogP contribution in [-0.2, 0) is 0 Å². The molecule has 0 radical (unpaired) electrons. The minimum Gasteiger partial charge on any atom is -0.366 e. The molecule has 0 unspecified atom stereocenters. The van der Waals surface area contributed by atoms with Gasteiger partial charge in [-0.15, -0.1) is 11.8 Å². The van der Waals surface area contributed by atoms with Crippen molar-refractivity contribution in [2.24, 2.45) is 0 Å². The Morgan fingerprint density at radius 3 is 3.00 bits per heavy atom. The van der Waals surface area contributed by atoms with Crippen LogP contribution in [0.2, 0.25) is 0 Å². The number of allylic oxidation sites excluding steroid dienone is 2. The lowest BCUT2D eigenvalue weighted by Crippen LogP contribution is -2.19. The molecule has 1 heterocycles. The van der Waals surface area contributed by atoms with Gasteiger partial charge in [-0.05, 0) is 25.2 Å². The molecule has 12 heavy (non-hydrogen) atoms. The van der Waals surface area contributed by atoms with Crippen LogP contribution in [-0.4, -0.2) is 24.2 Å². The van der Waals surface area contributed by atoms with Crippen LogP contribution in [0, 0.1) is 0 Å². The lowest BCUT2D eigenvalue weighted by atomic mass is 10.2. The number of hydrogen-bond donors (Lipinski definition) is 0. The van der Waals surface area contributed by atoms with Crippen molar-refractivity contribution in [2.45, 2.75) is 20.3 Å². The van der Waals surface area contributed by atoms with Gasteiger partial charge in [-0.1, -0.05) is 18.6 Å². The van der Waals surface area contributed by atoms with Crippen molar-refractivity contribution in [1.82, 2.24) is 4.90 Å². The largest absolute Gasteiger partial charge is 0.366 e. The van der Waals surface area contributed by atoms with Crippen molar-refractivity contribution in [2.75, 3.05) is 19.3 Å². The van der Waals surface area contributed by atoms with Crippen LogP contribution >= 0.6 is 11.8 Å². The fraction of sp³-hybridized carbons (Fsp3) is 0.600. The zero-order valence-electron chi connectivity index (χ0n) is 8.13. The third-order valence-corrected chi connectivity index (χ3v) is 3.21. The van der Waals surface area contributed by atoms with Crippen LogP contribution in [0.1, 0.15) is 20.3 Å². The highest BCUT2D eigenvalue weighted by Crippen LogP contribution is 2.24. The minimum atomic E-state index is 1.06. The van der Waals surface area contributed by atoms with Gasteiger partial charge in [0.15, 0.2) is 0 Å². The maximum atomic E-state index is 2.30. The van der Waals surface area contributed by atoms with E-state index in [0.717, 1.165) is 6.54 Å². The molecule has 1 aliphatic rings. The lowest BCUT2D eigenvalue weighted by molar-refractivity contribution is 0.490. The molecule has 0 atom stereocenters. The van der Waals surface area contributed by atoms with E-state index in [-0.39, 0.29) is 0 Å². The molecule has 68 valence electrons. The van der Waals surface area contributed by atoms with Gasteiger partial charge in [0.1, 0.15) is 0 Å². The van der Waals surface area contributed by atoms with Crippen LogP contribution in [0.25, 0.3) is 0 Å². The molecule has 0 saturated carbocycles. The second-order valence-electron chi connectivity index (χ2n) is 3.16. The summed E-state index contributed by atoms with van der Waals surface area (Å²) in [5, 5.41) is 1.41. The predicted molar refractivity (Wildman–Crippen MR) is 57.2 cm³/mol. The van der Waals surface area contributed by atoms with Crippen molar-refractivity contribution in [3.05, 3.63) is 22.8 Å². The Morgan fingerprint density at radius 1 is 1.58 bits per heavy atom. The summed E-state index contributed by atoms with van der Waals surface area (Å²) in [5.41, 5.74) is 1.40. The molecule has 0 bridgehead atoms. The number of thioether (sulfide) groups is 1. The zero-order chi connectivity index (χ0) is 8.97. The molecule has 0 fully saturated rings. The minimum absolute atomic E-state index is 1.06. The molecule has 1 aliphatic heterocycles. The van der Waals surface area contributed by atoms with E-state index < -0.39 is 0 Å². The van der Waals surface area contributed by atoms with Crippen LogP contribution in [0.3, 0.4) is 0 Å². The Kier molecular flexibility index (Phi) is 3.73. The highest BCUT2D eigenvalue weighted by atomic mass is 32.2. The Morgan fingerprint density at radius 2 is 2.33 bits per heavy atom. The fourth-order valence-electron chi connectivity index (χ4n) is 1.09. The van der Waals surface area contributed by atoms with E-state index in [2.05, 4.69) is 37.9 Å². The molecule has 1 nitrogen and oxygen atoms in total. The SMILES string of the molecule is CCCSC1=CC(C)=CCN1C. The van der Waals surface area contributed by atoms with E-state index in [0.29, 0.717) is 0 Å². The summed E-state index contributed by atoms with van der Waals surface area (Å²) in [7, 11) is 2.15. The molecular formula is C10H17NS. The summed E-state index contributed by atoms with van der Waals surface area (Å²) in [5.74, 6) is 1.23. The molecule has 0 aromatic heterocycles. The van der Waals surface area contributed by atoms with Gasteiger partial charge in [0.25, 0.3) is 0 Å². The maximum absolute atomic E-state index is 2.30. The van der Waals surface area contributed by atoms with Crippen molar-refractivity contribution in [3.8, 4) is 0 Å². The molecular weight excluding hydrogens is 166 g/mol. The highest BCUT2D eigenvalue weighted by Gasteiger charge is 2.07. The van der Waals surface area contributed by atoms with Crippen molar-refractivity contribution < 1.29 is 0 Å². The number of nitrogens with zero attached hydrogens (tertiary/aromatic N) is 1. The second-order valence-corrected chi connectivity index (χ2v) is 4.27. The summed E-state index contributed by atoms with van der Waals surface area (Å²) in [6.07, 6.45) is 5.78. The third-order valence-electron chi connectivity index (χ3n) is 1.87. The van der Waals surface area contributed by atoms with Gasteiger partial charge in [-0.3, -0.25) is 0 Å². The van der Waals surface area contributed by atoms with Gasteiger partial charge >= 0.3 is 0 Å². The molecule has 0 aliphatic carbocycles. The lowest BCUT2D eigenvalue weighted by Gasteiger charge is -2.24. The molecule has 0 amide bonds. The average Bonchev–Trinajstić information content (AvgIpc) is 2.07. The average molecular weight is 183 g/mol. The van der Waals surface area contributed by atoms with Gasteiger partial charge in [0, 0.05) is 13.6 Å². The van der Waals surface area contributed by atoms with E-state index in [1.54, 1.807) is 0 Å². The normalized spacial score (nSPS) is 17.4. The second kappa shape index (κ2) is 4.61. The van der Waals surface area contributed by atoms with Gasteiger partial charge in [-0.2, -0.15) is 0 Å². The topological polar surface area (TPSA) is 3.24 Å². The van der Waals surface area contributed by atoms with E-state index in [9.17, 15) is 0 Å². The quantitative estimate of drug-likeness (QED) is 0.662. The maximum Gasteiger partial charge on any atom is 0.0710 e. The Hall–Kier alpha value is -0.370. The predicted octanol–water partition coefficient (Wildman–Crippen LogP) is 2.86. The van der Waals surface area contributed by atoms with Gasteiger partial charge in [0.05, 0.1) is 5.03 Å². The van der Waals surface area contributed by atoms with Crippen LogP contribution in [0.5, 0.6) is 0 Å². The Balaban J connectivity index is 2.53. The molecule has 0 spiro atoms. The number of likely N-dealkylation sites (N-methyl/N-ethyl adjacent to an activating group) is 1.